The minimum atomic E-state index is -1.13. The zero-order chi connectivity index (χ0) is 6.62. The minimum absolute atomic E-state index is 0.374. The fourth-order valence-electron chi connectivity index (χ4n) is 0.545. The van der Waals surface area contributed by atoms with Gasteiger partial charge >= 0.3 is 54.0 Å². The molecular formula is C6H16AsO+. The second kappa shape index (κ2) is 3.53. The van der Waals surface area contributed by atoms with Crippen LogP contribution in [0.1, 0.15) is 6.42 Å². The fourth-order valence-corrected chi connectivity index (χ4v) is 2.83. The van der Waals surface area contributed by atoms with Gasteiger partial charge in [-0.2, -0.15) is 0 Å². The molecule has 0 aromatic heterocycles. The van der Waals surface area contributed by atoms with Gasteiger partial charge in [0, 0.05) is 0 Å². The van der Waals surface area contributed by atoms with E-state index in [9.17, 15) is 0 Å². The number of aliphatic hydroxyl groups excluding tert-OH is 1. The molecule has 0 aromatic carbocycles. The third-order valence-electron chi connectivity index (χ3n) is 0.987. The molecule has 1 N–H and O–H groups in total. The van der Waals surface area contributed by atoms with Crippen molar-refractivity contribution in [3.63, 3.8) is 0 Å². The van der Waals surface area contributed by atoms with E-state index in [0.717, 1.165) is 6.42 Å². The quantitative estimate of drug-likeness (QED) is 0.654. The Morgan fingerprint density at radius 1 is 1.25 bits per heavy atom. The van der Waals surface area contributed by atoms with Crippen molar-refractivity contribution in [2.75, 3.05) is 6.61 Å². The monoisotopic (exact) mass is 179 g/mol. The molecule has 1 nitrogen and oxygen atoms in total. The molecule has 8 heavy (non-hydrogen) atoms. The molecule has 0 heterocycles. The van der Waals surface area contributed by atoms with Crippen LogP contribution in [0.2, 0.25) is 22.3 Å². The van der Waals surface area contributed by atoms with E-state index in [1.54, 1.807) is 0 Å². The zero-order valence-corrected chi connectivity index (χ0v) is 7.89. The summed E-state index contributed by atoms with van der Waals surface area (Å²) in [5.41, 5.74) is 7.07. The topological polar surface area (TPSA) is 20.2 Å². The fraction of sp³-hybridized carbons (Fsp3) is 1.00. The van der Waals surface area contributed by atoms with Crippen LogP contribution in [0.25, 0.3) is 0 Å². The summed E-state index contributed by atoms with van der Waals surface area (Å²) in [6.45, 7) is 0.374. The first-order valence-electron chi connectivity index (χ1n) is 2.97. The van der Waals surface area contributed by atoms with Gasteiger partial charge in [0.15, 0.2) is 0 Å². The van der Waals surface area contributed by atoms with E-state index in [0.29, 0.717) is 6.61 Å². The van der Waals surface area contributed by atoms with Crippen molar-refractivity contribution in [1.82, 2.24) is 0 Å². The van der Waals surface area contributed by atoms with Gasteiger partial charge in [-0.15, -0.1) is 0 Å². The molecule has 0 amide bonds. The van der Waals surface area contributed by atoms with Crippen LogP contribution in [-0.2, 0) is 0 Å². The Kier molecular flexibility index (Phi) is 3.75. The Labute approximate surface area is 54.5 Å². The first-order valence-corrected chi connectivity index (χ1v) is 9.93. The van der Waals surface area contributed by atoms with Crippen LogP contribution in [0.3, 0.4) is 0 Å². The van der Waals surface area contributed by atoms with Gasteiger partial charge in [0.1, 0.15) is 0 Å². The molecule has 50 valence electrons. The number of aliphatic hydroxyl groups is 1. The summed E-state index contributed by atoms with van der Waals surface area (Å²) in [7, 11) is 0. The van der Waals surface area contributed by atoms with E-state index < -0.39 is 13.6 Å². The molecule has 0 atom stereocenters. The van der Waals surface area contributed by atoms with E-state index in [2.05, 4.69) is 17.1 Å². The number of hydrogen-bond acceptors (Lipinski definition) is 1. The maximum atomic E-state index is 8.46. The van der Waals surface area contributed by atoms with Gasteiger partial charge in [-0.25, -0.2) is 0 Å². The van der Waals surface area contributed by atoms with Gasteiger partial charge in [-0.1, -0.05) is 0 Å². The summed E-state index contributed by atoms with van der Waals surface area (Å²) >= 11 is -1.13. The normalized spacial score (nSPS) is 12.0. The van der Waals surface area contributed by atoms with Gasteiger partial charge < -0.3 is 0 Å². The standard InChI is InChI=1S/C6H16AsO/c1-7(2,3)5-4-6-8/h8H,4-6H2,1-3H3/q+1. The number of rotatable bonds is 3. The van der Waals surface area contributed by atoms with Gasteiger partial charge in [0.25, 0.3) is 0 Å². The van der Waals surface area contributed by atoms with E-state index in [4.69, 9.17) is 5.11 Å². The third-order valence-corrected chi connectivity index (χ3v) is 4.47. The summed E-state index contributed by atoms with van der Waals surface area (Å²) in [5.74, 6) is 0. The predicted octanol–water partition coefficient (Wildman–Crippen LogP) is 1.71. The summed E-state index contributed by atoms with van der Waals surface area (Å²) in [6, 6.07) is 0. The molecule has 0 bridgehead atoms. The van der Waals surface area contributed by atoms with Crippen molar-refractivity contribution in [2.45, 2.75) is 28.8 Å². The Morgan fingerprint density at radius 2 is 1.75 bits per heavy atom. The summed E-state index contributed by atoms with van der Waals surface area (Å²) in [4.78, 5) is 0. The van der Waals surface area contributed by atoms with Gasteiger partial charge in [0.05, 0.1) is 0 Å². The van der Waals surface area contributed by atoms with Crippen LogP contribution in [0.4, 0.5) is 0 Å². The second-order valence-corrected chi connectivity index (χ2v) is 13.6. The molecule has 0 saturated carbocycles. The summed E-state index contributed by atoms with van der Waals surface area (Å²) in [6.07, 6.45) is 1.01. The van der Waals surface area contributed by atoms with Crippen LogP contribution < -0.4 is 0 Å². The molecule has 0 aliphatic carbocycles. The molecule has 0 unspecified atom stereocenters. The Hall–Kier alpha value is 0.518. The molecule has 0 fully saturated rings. The van der Waals surface area contributed by atoms with Crippen molar-refractivity contribution in [3.8, 4) is 0 Å². The molecule has 0 radical (unpaired) electrons. The van der Waals surface area contributed by atoms with Gasteiger partial charge in [-0.3, -0.25) is 0 Å². The van der Waals surface area contributed by atoms with Gasteiger partial charge in [-0.05, 0) is 0 Å². The first kappa shape index (κ1) is 8.52. The Morgan fingerprint density at radius 3 is 1.88 bits per heavy atom. The molecule has 0 spiro atoms. The van der Waals surface area contributed by atoms with Crippen molar-refractivity contribution < 1.29 is 5.11 Å². The van der Waals surface area contributed by atoms with Crippen LogP contribution in [0, 0.1) is 0 Å². The van der Waals surface area contributed by atoms with Crippen LogP contribution >= 0.6 is 0 Å². The van der Waals surface area contributed by atoms with E-state index in [1.165, 1.54) is 5.21 Å². The second-order valence-electron chi connectivity index (χ2n) is 3.09. The first-order chi connectivity index (χ1) is 3.56. The summed E-state index contributed by atoms with van der Waals surface area (Å²) in [5, 5.41) is 9.74. The van der Waals surface area contributed by atoms with Gasteiger partial charge in [0.2, 0.25) is 0 Å². The van der Waals surface area contributed by atoms with Crippen LogP contribution in [0.5, 0.6) is 0 Å². The van der Waals surface area contributed by atoms with Crippen LogP contribution in [-0.4, -0.2) is 25.3 Å². The van der Waals surface area contributed by atoms with Crippen LogP contribution in [0.15, 0.2) is 0 Å². The number of hydrogen-bond donors (Lipinski definition) is 1. The third kappa shape index (κ3) is 6.52. The molecular weight excluding hydrogens is 163 g/mol. The van der Waals surface area contributed by atoms with E-state index >= 15 is 0 Å². The molecule has 0 aromatic rings. The Bertz CT molecular complexity index is 56.0. The molecule has 0 aliphatic rings. The predicted molar refractivity (Wildman–Crippen MR) is 39.9 cm³/mol. The average molecular weight is 179 g/mol. The van der Waals surface area contributed by atoms with Crippen molar-refractivity contribution >= 4 is 13.6 Å². The van der Waals surface area contributed by atoms with Crippen molar-refractivity contribution in [1.29, 1.82) is 0 Å². The van der Waals surface area contributed by atoms with E-state index in [1.807, 2.05) is 0 Å². The molecule has 0 saturated heterocycles. The SMILES string of the molecule is C[As+](C)(C)CCCO. The molecule has 0 aliphatic heterocycles. The van der Waals surface area contributed by atoms with Crippen molar-refractivity contribution in [3.05, 3.63) is 0 Å². The van der Waals surface area contributed by atoms with Crippen molar-refractivity contribution in [2.24, 2.45) is 0 Å². The average Bonchev–Trinajstić information content (AvgIpc) is 1.59. The molecule has 2 heteroatoms. The Balaban J connectivity index is 3.11. The van der Waals surface area contributed by atoms with E-state index in [-0.39, 0.29) is 0 Å². The molecule has 0 rings (SSSR count). The zero-order valence-electron chi connectivity index (χ0n) is 6.02. The maximum absolute atomic E-state index is 8.46. The summed E-state index contributed by atoms with van der Waals surface area (Å²) < 4.78 is 0.